The minimum Gasteiger partial charge on any atom is -0.289 e. The zero-order valence-corrected chi connectivity index (χ0v) is 10.7. The number of carbonyl (C=O) groups excluding carboxylic acids is 2. The molecule has 0 heterocycles. The summed E-state index contributed by atoms with van der Waals surface area (Å²) in [4.78, 5) is 24.6. The van der Waals surface area contributed by atoms with Gasteiger partial charge in [-0.05, 0) is 13.8 Å². The van der Waals surface area contributed by atoms with E-state index in [1.165, 1.54) is 12.2 Å². The second-order valence-corrected chi connectivity index (χ2v) is 3.71. The second kappa shape index (κ2) is 5.92. The van der Waals surface area contributed by atoms with Crippen LogP contribution in [0, 0.1) is 0 Å². The van der Waals surface area contributed by atoms with Crippen LogP contribution in [0.15, 0.2) is 71.9 Å². The van der Waals surface area contributed by atoms with Crippen molar-refractivity contribution in [2.75, 3.05) is 0 Å². The summed E-state index contributed by atoms with van der Waals surface area (Å²) in [5.41, 5.74) is 1.53. The third kappa shape index (κ3) is 2.23. The first-order valence-corrected chi connectivity index (χ1v) is 5.70. The molecule has 0 fully saturated rings. The Balaban J connectivity index is 3.63. The topological polar surface area (TPSA) is 34.1 Å². The molecule has 0 saturated heterocycles. The SMILES string of the molecule is C=C/C=C1/C(=O)C(/C=C\C)=C(C=C)C(=O)/C1=C/C. The first-order valence-electron chi connectivity index (χ1n) is 5.70. The Hall–Kier alpha value is -2.22. The summed E-state index contributed by atoms with van der Waals surface area (Å²) < 4.78 is 0. The Morgan fingerprint density at radius 3 is 2.00 bits per heavy atom. The molecular formula is C16H16O2. The molecule has 0 radical (unpaired) electrons. The molecule has 2 nitrogen and oxygen atoms in total. The van der Waals surface area contributed by atoms with Crippen LogP contribution < -0.4 is 0 Å². The first-order chi connectivity index (χ1) is 8.62. The van der Waals surface area contributed by atoms with Crippen LogP contribution in [0.4, 0.5) is 0 Å². The zero-order valence-electron chi connectivity index (χ0n) is 10.7. The van der Waals surface area contributed by atoms with E-state index in [-0.39, 0.29) is 11.6 Å². The van der Waals surface area contributed by atoms with Gasteiger partial charge in [0.15, 0.2) is 11.6 Å². The Kier molecular flexibility index (Phi) is 4.55. The average Bonchev–Trinajstić information content (AvgIpc) is 2.36. The minimum atomic E-state index is -0.173. The van der Waals surface area contributed by atoms with Gasteiger partial charge in [0.25, 0.3) is 0 Å². The van der Waals surface area contributed by atoms with Crippen LogP contribution >= 0.6 is 0 Å². The van der Waals surface area contributed by atoms with Crippen LogP contribution in [-0.4, -0.2) is 11.6 Å². The minimum absolute atomic E-state index is 0.171. The largest absolute Gasteiger partial charge is 0.289 e. The fraction of sp³-hybridized carbons (Fsp3) is 0.125. The van der Waals surface area contributed by atoms with Crippen molar-refractivity contribution in [2.45, 2.75) is 13.8 Å². The van der Waals surface area contributed by atoms with Crippen molar-refractivity contribution in [3.05, 3.63) is 71.9 Å². The third-order valence-electron chi connectivity index (χ3n) is 2.67. The highest BCUT2D eigenvalue weighted by atomic mass is 16.1. The van der Waals surface area contributed by atoms with E-state index in [1.807, 2.05) is 0 Å². The molecule has 0 amide bonds. The molecule has 0 N–H and O–H groups in total. The Morgan fingerprint density at radius 2 is 1.56 bits per heavy atom. The Bertz CT molecular complexity index is 537. The van der Waals surface area contributed by atoms with Gasteiger partial charge in [-0.1, -0.05) is 49.6 Å². The van der Waals surface area contributed by atoms with E-state index in [0.717, 1.165) is 0 Å². The highest BCUT2D eigenvalue weighted by molar-refractivity contribution is 6.31. The molecule has 0 unspecified atom stereocenters. The summed E-state index contributed by atoms with van der Waals surface area (Å²) in [6.45, 7) is 10.7. The summed E-state index contributed by atoms with van der Waals surface area (Å²) in [5.74, 6) is -0.344. The van der Waals surface area contributed by atoms with Gasteiger partial charge in [-0.15, -0.1) is 0 Å². The average molecular weight is 240 g/mol. The molecule has 1 aliphatic rings. The summed E-state index contributed by atoms with van der Waals surface area (Å²) in [7, 11) is 0. The van der Waals surface area contributed by atoms with Gasteiger partial charge < -0.3 is 0 Å². The van der Waals surface area contributed by atoms with E-state index in [4.69, 9.17) is 0 Å². The summed E-state index contributed by atoms with van der Waals surface area (Å²) in [5, 5.41) is 0. The lowest BCUT2D eigenvalue weighted by atomic mass is 9.81. The van der Waals surface area contributed by atoms with Crippen molar-refractivity contribution in [1.29, 1.82) is 0 Å². The van der Waals surface area contributed by atoms with E-state index < -0.39 is 0 Å². The lowest BCUT2D eigenvalue weighted by Crippen LogP contribution is -2.23. The van der Waals surface area contributed by atoms with E-state index in [1.54, 1.807) is 38.2 Å². The van der Waals surface area contributed by atoms with Crippen molar-refractivity contribution in [3.63, 3.8) is 0 Å². The van der Waals surface area contributed by atoms with Crippen LogP contribution in [-0.2, 0) is 9.59 Å². The quantitative estimate of drug-likeness (QED) is 0.709. The molecule has 92 valence electrons. The van der Waals surface area contributed by atoms with Gasteiger partial charge in [0, 0.05) is 22.3 Å². The predicted octanol–water partition coefficient (Wildman–Crippen LogP) is 3.26. The van der Waals surface area contributed by atoms with Crippen molar-refractivity contribution in [2.24, 2.45) is 0 Å². The maximum absolute atomic E-state index is 12.3. The van der Waals surface area contributed by atoms with Gasteiger partial charge in [0.2, 0.25) is 0 Å². The summed E-state index contributed by atoms with van der Waals surface area (Å²) in [6, 6.07) is 0. The van der Waals surface area contributed by atoms with Crippen LogP contribution in [0.5, 0.6) is 0 Å². The van der Waals surface area contributed by atoms with Crippen molar-refractivity contribution >= 4 is 11.6 Å². The first kappa shape index (κ1) is 13.8. The lowest BCUT2D eigenvalue weighted by molar-refractivity contribution is -0.116. The number of rotatable bonds is 3. The van der Waals surface area contributed by atoms with Gasteiger partial charge in [0.1, 0.15) is 0 Å². The van der Waals surface area contributed by atoms with Gasteiger partial charge >= 0.3 is 0 Å². The molecule has 2 heteroatoms. The zero-order chi connectivity index (χ0) is 13.7. The molecule has 0 aromatic heterocycles. The van der Waals surface area contributed by atoms with Crippen LogP contribution in [0.1, 0.15) is 13.8 Å². The van der Waals surface area contributed by atoms with Crippen LogP contribution in [0.3, 0.4) is 0 Å². The number of Topliss-reactive ketones (excluding diaryl/α,β-unsaturated/α-hetero) is 2. The summed E-state index contributed by atoms with van der Waals surface area (Å²) in [6.07, 6.45) is 9.53. The number of hydrogen-bond acceptors (Lipinski definition) is 2. The molecular weight excluding hydrogens is 224 g/mol. The number of ketones is 2. The Labute approximate surface area is 107 Å². The van der Waals surface area contributed by atoms with E-state index in [2.05, 4.69) is 13.2 Å². The number of hydrogen-bond donors (Lipinski definition) is 0. The molecule has 0 aliphatic heterocycles. The molecule has 0 bridgehead atoms. The molecule has 18 heavy (non-hydrogen) atoms. The van der Waals surface area contributed by atoms with Crippen molar-refractivity contribution in [3.8, 4) is 0 Å². The molecule has 0 saturated carbocycles. The third-order valence-corrected chi connectivity index (χ3v) is 2.67. The predicted molar refractivity (Wildman–Crippen MR) is 74.1 cm³/mol. The van der Waals surface area contributed by atoms with E-state index in [0.29, 0.717) is 22.3 Å². The van der Waals surface area contributed by atoms with Gasteiger partial charge in [-0.2, -0.15) is 0 Å². The van der Waals surface area contributed by atoms with E-state index >= 15 is 0 Å². The second-order valence-electron chi connectivity index (χ2n) is 3.71. The lowest BCUT2D eigenvalue weighted by Gasteiger charge is -2.19. The molecule has 0 spiro atoms. The highest BCUT2D eigenvalue weighted by Gasteiger charge is 2.31. The molecule has 1 rings (SSSR count). The maximum Gasteiger partial charge on any atom is 0.194 e. The van der Waals surface area contributed by atoms with Crippen molar-refractivity contribution in [1.82, 2.24) is 0 Å². The van der Waals surface area contributed by atoms with Gasteiger partial charge in [-0.25, -0.2) is 0 Å². The molecule has 0 aromatic rings. The van der Waals surface area contributed by atoms with Gasteiger partial charge in [-0.3, -0.25) is 9.59 Å². The van der Waals surface area contributed by atoms with Crippen LogP contribution in [0.2, 0.25) is 0 Å². The highest BCUT2D eigenvalue weighted by Crippen LogP contribution is 2.29. The normalized spacial score (nSPS) is 21.2. The molecule has 1 aliphatic carbocycles. The van der Waals surface area contributed by atoms with E-state index in [9.17, 15) is 9.59 Å². The van der Waals surface area contributed by atoms with Crippen molar-refractivity contribution < 1.29 is 9.59 Å². The number of carbonyl (C=O) groups is 2. The fourth-order valence-corrected chi connectivity index (χ4v) is 1.88. The maximum atomic E-state index is 12.3. The Morgan fingerprint density at radius 1 is 0.944 bits per heavy atom. The molecule has 0 atom stereocenters. The molecule has 0 aromatic carbocycles. The van der Waals surface area contributed by atoms with Crippen LogP contribution in [0.25, 0.3) is 0 Å². The van der Waals surface area contributed by atoms with Gasteiger partial charge in [0.05, 0.1) is 0 Å². The smallest absolute Gasteiger partial charge is 0.194 e. The standard InChI is InChI=1S/C16H16O2/c1-5-9-13-11(7-3)15(17)12(8-4)14(10-6-2)16(13)18/h5-10H,1,4H2,2-3H3/b10-6-,11-7+,13-9+. The fourth-order valence-electron chi connectivity index (χ4n) is 1.88. The summed E-state index contributed by atoms with van der Waals surface area (Å²) >= 11 is 0. The monoisotopic (exact) mass is 240 g/mol. The number of allylic oxidation sites excluding steroid dienone is 10.